The molecule has 1 aliphatic heterocycles. The molecule has 0 aromatic heterocycles. The number of rotatable bonds is 5. The number of likely N-dealkylation sites (N-methyl/N-ethyl adjacent to an activating group) is 1. The van der Waals surface area contributed by atoms with Gasteiger partial charge in [-0.15, -0.1) is 0 Å². The number of halogens is 2. The van der Waals surface area contributed by atoms with E-state index < -0.39 is 17.7 Å². The summed E-state index contributed by atoms with van der Waals surface area (Å²) in [7, 11) is 1.74. The van der Waals surface area contributed by atoms with Gasteiger partial charge >= 0.3 is 0 Å². The molecule has 1 N–H and O–H groups in total. The molecule has 23 heavy (non-hydrogen) atoms. The maximum Gasteiger partial charge on any atom is 0.244 e. The Labute approximate surface area is 136 Å². The van der Waals surface area contributed by atoms with E-state index in [1.807, 2.05) is 18.7 Å². The van der Waals surface area contributed by atoms with Gasteiger partial charge in [-0.3, -0.25) is 9.69 Å². The SMILES string of the molecule is CC(C)CN(C)C(=O)C(c1ccc(F)cc1F)N1CCNCC1. The van der Waals surface area contributed by atoms with Gasteiger partial charge in [-0.25, -0.2) is 8.78 Å². The molecular formula is C17H25F2N3O. The second-order valence-electron chi connectivity index (χ2n) is 6.47. The minimum absolute atomic E-state index is 0.147. The molecule has 0 saturated carbocycles. The summed E-state index contributed by atoms with van der Waals surface area (Å²) in [6.45, 7) is 7.47. The molecule has 128 valence electrons. The predicted octanol–water partition coefficient (Wildman–Crippen LogP) is 2.03. The first-order valence-electron chi connectivity index (χ1n) is 8.05. The van der Waals surface area contributed by atoms with Crippen LogP contribution in [-0.4, -0.2) is 55.5 Å². The summed E-state index contributed by atoms with van der Waals surface area (Å²) in [5.74, 6) is -1.12. The van der Waals surface area contributed by atoms with E-state index in [2.05, 4.69) is 5.32 Å². The molecule has 0 radical (unpaired) electrons. The van der Waals surface area contributed by atoms with Gasteiger partial charge in [0.05, 0.1) is 0 Å². The predicted molar refractivity (Wildman–Crippen MR) is 86.0 cm³/mol. The van der Waals surface area contributed by atoms with Crippen LogP contribution < -0.4 is 5.32 Å². The van der Waals surface area contributed by atoms with Gasteiger partial charge in [-0.1, -0.05) is 19.9 Å². The van der Waals surface area contributed by atoms with Crippen LogP contribution in [0.1, 0.15) is 25.5 Å². The van der Waals surface area contributed by atoms with Gasteiger partial charge in [0.15, 0.2) is 0 Å². The van der Waals surface area contributed by atoms with Crippen molar-refractivity contribution in [3.8, 4) is 0 Å². The Morgan fingerprint density at radius 1 is 1.30 bits per heavy atom. The Bertz CT molecular complexity index is 545. The third-order valence-corrected chi connectivity index (χ3v) is 4.02. The Balaban J connectivity index is 2.32. The number of carbonyl (C=O) groups is 1. The van der Waals surface area contributed by atoms with Crippen LogP contribution in [0.15, 0.2) is 18.2 Å². The Kier molecular flexibility index (Phi) is 6.07. The molecule has 0 bridgehead atoms. The molecule has 2 rings (SSSR count). The van der Waals surface area contributed by atoms with Crippen molar-refractivity contribution in [3.63, 3.8) is 0 Å². The zero-order valence-electron chi connectivity index (χ0n) is 14.0. The van der Waals surface area contributed by atoms with Crippen LogP contribution in [0.5, 0.6) is 0 Å². The van der Waals surface area contributed by atoms with E-state index >= 15 is 0 Å². The van der Waals surface area contributed by atoms with Crippen molar-refractivity contribution in [1.82, 2.24) is 15.1 Å². The lowest BCUT2D eigenvalue weighted by atomic mass is 10.0. The number of amides is 1. The first-order valence-corrected chi connectivity index (χ1v) is 8.05. The number of nitrogens with one attached hydrogen (secondary N) is 1. The molecule has 1 amide bonds. The van der Waals surface area contributed by atoms with E-state index in [0.29, 0.717) is 25.6 Å². The summed E-state index contributed by atoms with van der Waals surface area (Å²) in [6.07, 6.45) is 0. The molecule has 1 saturated heterocycles. The zero-order chi connectivity index (χ0) is 17.0. The lowest BCUT2D eigenvalue weighted by molar-refractivity contribution is -0.136. The summed E-state index contributed by atoms with van der Waals surface area (Å²) in [5, 5.41) is 3.22. The smallest absolute Gasteiger partial charge is 0.244 e. The van der Waals surface area contributed by atoms with Crippen molar-refractivity contribution < 1.29 is 13.6 Å². The Hall–Kier alpha value is -1.53. The van der Waals surface area contributed by atoms with E-state index in [1.54, 1.807) is 11.9 Å². The fraction of sp³-hybridized carbons (Fsp3) is 0.588. The summed E-state index contributed by atoms with van der Waals surface area (Å²) in [4.78, 5) is 16.5. The minimum atomic E-state index is -0.707. The van der Waals surface area contributed by atoms with Crippen molar-refractivity contribution in [2.75, 3.05) is 39.8 Å². The average Bonchev–Trinajstić information content (AvgIpc) is 2.50. The molecule has 1 aromatic carbocycles. The third kappa shape index (κ3) is 4.48. The van der Waals surface area contributed by atoms with Crippen LogP contribution in [0.2, 0.25) is 0 Å². The lowest BCUT2D eigenvalue weighted by Gasteiger charge is -2.36. The van der Waals surface area contributed by atoms with Crippen LogP contribution in [-0.2, 0) is 4.79 Å². The summed E-state index contributed by atoms with van der Waals surface area (Å²) in [5.41, 5.74) is 0.244. The third-order valence-electron chi connectivity index (χ3n) is 4.02. The quantitative estimate of drug-likeness (QED) is 0.900. The molecule has 1 aliphatic rings. The molecule has 1 fully saturated rings. The molecule has 1 unspecified atom stereocenters. The molecule has 1 aromatic rings. The van der Waals surface area contributed by atoms with Crippen molar-refractivity contribution in [3.05, 3.63) is 35.4 Å². The van der Waals surface area contributed by atoms with E-state index in [4.69, 9.17) is 0 Å². The summed E-state index contributed by atoms with van der Waals surface area (Å²) < 4.78 is 27.5. The minimum Gasteiger partial charge on any atom is -0.344 e. The highest BCUT2D eigenvalue weighted by Crippen LogP contribution is 2.26. The van der Waals surface area contributed by atoms with Crippen LogP contribution in [0.4, 0.5) is 8.78 Å². The molecule has 1 heterocycles. The van der Waals surface area contributed by atoms with Crippen molar-refractivity contribution in [1.29, 1.82) is 0 Å². The highest BCUT2D eigenvalue weighted by molar-refractivity contribution is 5.83. The van der Waals surface area contributed by atoms with Gasteiger partial charge in [0.1, 0.15) is 17.7 Å². The molecule has 1 atom stereocenters. The van der Waals surface area contributed by atoms with Gasteiger partial charge in [0.25, 0.3) is 0 Å². The van der Waals surface area contributed by atoms with Crippen molar-refractivity contribution in [2.45, 2.75) is 19.9 Å². The van der Waals surface area contributed by atoms with Crippen LogP contribution >= 0.6 is 0 Å². The normalized spacial score (nSPS) is 17.3. The fourth-order valence-electron chi connectivity index (χ4n) is 3.00. The van der Waals surface area contributed by atoms with Crippen LogP contribution in [0.3, 0.4) is 0 Å². The molecule has 0 aliphatic carbocycles. The second-order valence-corrected chi connectivity index (χ2v) is 6.47. The average molecular weight is 325 g/mol. The number of hydrogen-bond acceptors (Lipinski definition) is 3. The van der Waals surface area contributed by atoms with Crippen LogP contribution in [0.25, 0.3) is 0 Å². The van der Waals surface area contributed by atoms with E-state index in [1.165, 1.54) is 12.1 Å². The summed E-state index contributed by atoms with van der Waals surface area (Å²) in [6, 6.07) is 2.74. The van der Waals surface area contributed by atoms with Gasteiger partial charge < -0.3 is 10.2 Å². The van der Waals surface area contributed by atoms with E-state index in [0.717, 1.165) is 19.2 Å². The highest BCUT2D eigenvalue weighted by atomic mass is 19.1. The monoisotopic (exact) mass is 325 g/mol. The Morgan fingerprint density at radius 2 is 1.96 bits per heavy atom. The summed E-state index contributed by atoms with van der Waals surface area (Å²) >= 11 is 0. The maximum atomic E-state index is 14.3. The standard InChI is InChI=1S/C17H25F2N3O/c1-12(2)11-21(3)17(23)16(22-8-6-20-7-9-22)14-5-4-13(18)10-15(14)19/h4-5,10,12,16,20H,6-9,11H2,1-3H3. The van der Waals surface area contributed by atoms with E-state index in [9.17, 15) is 13.6 Å². The topological polar surface area (TPSA) is 35.6 Å². The first kappa shape index (κ1) is 17.8. The zero-order valence-corrected chi connectivity index (χ0v) is 14.0. The van der Waals surface area contributed by atoms with Gasteiger partial charge in [-0.2, -0.15) is 0 Å². The number of benzene rings is 1. The van der Waals surface area contributed by atoms with Crippen molar-refractivity contribution >= 4 is 5.91 Å². The lowest BCUT2D eigenvalue weighted by Crippen LogP contribution is -2.50. The highest BCUT2D eigenvalue weighted by Gasteiger charge is 2.33. The number of hydrogen-bond donors (Lipinski definition) is 1. The van der Waals surface area contributed by atoms with Gasteiger partial charge in [0.2, 0.25) is 5.91 Å². The number of piperazine rings is 1. The maximum absolute atomic E-state index is 14.3. The molecular weight excluding hydrogens is 300 g/mol. The molecule has 0 spiro atoms. The fourth-order valence-corrected chi connectivity index (χ4v) is 3.00. The van der Waals surface area contributed by atoms with Gasteiger partial charge in [-0.05, 0) is 12.0 Å². The molecule has 4 nitrogen and oxygen atoms in total. The Morgan fingerprint density at radius 3 is 2.52 bits per heavy atom. The first-order chi connectivity index (χ1) is 10.9. The number of carbonyl (C=O) groups excluding carboxylic acids is 1. The largest absolute Gasteiger partial charge is 0.344 e. The second kappa shape index (κ2) is 7.84. The van der Waals surface area contributed by atoms with E-state index in [-0.39, 0.29) is 11.5 Å². The van der Waals surface area contributed by atoms with Crippen molar-refractivity contribution in [2.24, 2.45) is 5.92 Å². The number of nitrogens with zero attached hydrogens (tertiary/aromatic N) is 2. The van der Waals surface area contributed by atoms with Crippen LogP contribution in [0, 0.1) is 17.6 Å². The molecule has 6 heteroatoms. The van der Waals surface area contributed by atoms with Gasteiger partial charge in [0, 0.05) is 51.4 Å².